The Labute approximate surface area is 112 Å². The van der Waals surface area contributed by atoms with Gasteiger partial charge in [0, 0.05) is 29.2 Å². The van der Waals surface area contributed by atoms with E-state index in [1.54, 1.807) is 0 Å². The summed E-state index contributed by atoms with van der Waals surface area (Å²) in [5.74, 6) is 0. The Morgan fingerprint density at radius 2 is 1.67 bits per heavy atom. The van der Waals surface area contributed by atoms with Crippen LogP contribution in [0.3, 0.4) is 0 Å². The van der Waals surface area contributed by atoms with Crippen LogP contribution < -0.4 is 5.73 Å². The smallest absolute Gasteiger partial charge is 0.0460 e. The normalized spacial score (nSPS) is 10.3. The second-order valence-electron chi connectivity index (χ2n) is 4.15. The minimum atomic E-state index is 0. The van der Waals surface area contributed by atoms with E-state index >= 15 is 0 Å². The van der Waals surface area contributed by atoms with Gasteiger partial charge in [0.2, 0.25) is 0 Å². The minimum Gasteiger partial charge on any atom is -0.361 e. The maximum absolute atomic E-state index is 5.60. The number of aromatic amines is 1. The quantitative estimate of drug-likeness (QED) is 0.723. The van der Waals surface area contributed by atoms with Crippen LogP contribution in [0.2, 0.25) is 0 Å². The van der Waals surface area contributed by atoms with Gasteiger partial charge in [0.15, 0.2) is 0 Å². The summed E-state index contributed by atoms with van der Waals surface area (Å²) in [6.45, 7) is 0.591. The number of hydrogen-bond acceptors (Lipinski definition) is 1. The van der Waals surface area contributed by atoms with Crippen LogP contribution in [-0.2, 0) is 6.54 Å². The number of H-pyrrole nitrogens is 1. The highest BCUT2D eigenvalue weighted by Gasteiger charge is 2.04. The van der Waals surface area contributed by atoms with Gasteiger partial charge in [-0.2, -0.15) is 0 Å². The van der Waals surface area contributed by atoms with Crippen molar-refractivity contribution in [1.29, 1.82) is 0 Å². The van der Waals surface area contributed by atoms with Gasteiger partial charge in [-0.25, -0.2) is 0 Å². The van der Waals surface area contributed by atoms with Crippen LogP contribution in [0.1, 0.15) is 5.56 Å². The highest BCUT2D eigenvalue weighted by Crippen LogP contribution is 2.28. The molecule has 2 nitrogen and oxygen atoms in total. The van der Waals surface area contributed by atoms with Crippen molar-refractivity contribution in [3.63, 3.8) is 0 Å². The van der Waals surface area contributed by atoms with E-state index in [0.29, 0.717) is 6.54 Å². The fourth-order valence-electron chi connectivity index (χ4n) is 2.13. The van der Waals surface area contributed by atoms with Gasteiger partial charge in [0.05, 0.1) is 0 Å². The molecule has 0 aliphatic carbocycles. The van der Waals surface area contributed by atoms with Crippen molar-refractivity contribution in [3.8, 4) is 11.1 Å². The summed E-state index contributed by atoms with van der Waals surface area (Å²) in [4.78, 5) is 3.29. The van der Waals surface area contributed by atoms with Crippen molar-refractivity contribution in [3.05, 3.63) is 60.3 Å². The highest BCUT2D eigenvalue weighted by atomic mass is 35.5. The molecule has 3 heteroatoms. The maximum atomic E-state index is 5.60. The first-order valence-electron chi connectivity index (χ1n) is 5.74. The number of fused-ring (bicyclic) bond motifs is 1. The third kappa shape index (κ3) is 2.13. The molecule has 0 bridgehead atoms. The molecule has 1 aromatic heterocycles. The van der Waals surface area contributed by atoms with Crippen LogP contribution >= 0.6 is 12.4 Å². The van der Waals surface area contributed by atoms with Gasteiger partial charge in [-0.15, -0.1) is 12.4 Å². The Morgan fingerprint density at radius 1 is 0.944 bits per heavy atom. The Balaban J connectivity index is 0.00000120. The number of para-hydroxylation sites is 1. The molecule has 3 rings (SSSR count). The largest absolute Gasteiger partial charge is 0.361 e. The number of benzene rings is 2. The average Bonchev–Trinajstić information content (AvgIpc) is 2.83. The van der Waals surface area contributed by atoms with Crippen LogP contribution in [-0.4, -0.2) is 4.98 Å². The molecule has 1 heterocycles. The Morgan fingerprint density at radius 3 is 2.39 bits per heavy atom. The molecule has 0 fully saturated rings. The number of nitrogens with two attached hydrogens (primary N) is 1. The molecule has 3 N–H and O–H groups in total. The second-order valence-corrected chi connectivity index (χ2v) is 4.15. The molecule has 0 aliphatic heterocycles. The van der Waals surface area contributed by atoms with Gasteiger partial charge in [0.25, 0.3) is 0 Å². The van der Waals surface area contributed by atoms with E-state index in [2.05, 4.69) is 53.6 Å². The molecular formula is C15H15ClN2. The van der Waals surface area contributed by atoms with Crippen molar-refractivity contribution < 1.29 is 0 Å². The van der Waals surface area contributed by atoms with Gasteiger partial charge in [-0.1, -0.05) is 42.5 Å². The third-order valence-electron chi connectivity index (χ3n) is 3.09. The molecule has 0 spiro atoms. The predicted octanol–water partition coefficient (Wildman–Crippen LogP) is 3.72. The van der Waals surface area contributed by atoms with Crippen molar-refractivity contribution in [2.75, 3.05) is 0 Å². The predicted molar refractivity (Wildman–Crippen MR) is 78.9 cm³/mol. The van der Waals surface area contributed by atoms with Crippen LogP contribution in [0.25, 0.3) is 22.0 Å². The maximum Gasteiger partial charge on any atom is 0.0460 e. The van der Waals surface area contributed by atoms with Crippen molar-refractivity contribution in [2.45, 2.75) is 6.54 Å². The van der Waals surface area contributed by atoms with E-state index in [1.165, 1.54) is 22.0 Å². The Kier molecular flexibility index (Phi) is 3.70. The van der Waals surface area contributed by atoms with Crippen molar-refractivity contribution in [1.82, 2.24) is 4.98 Å². The number of halogens is 1. The fourth-order valence-corrected chi connectivity index (χ4v) is 2.13. The van der Waals surface area contributed by atoms with Gasteiger partial charge >= 0.3 is 0 Å². The zero-order chi connectivity index (χ0) is 11.7. The first-order valence-corrected chi connectivity index (χ1v) is 5.74. The van der Waals surface area contributed by atoms with Gasteiger partial charge in [-0.3, -0.25) is 0 Å². The standard InChI is InChI=1S/C15H14N2.ClH/c16-9-11-5-7-12(8-6-11)14-10-17-15-4-2-1-3-13(14)15;/h1-8,10,17H,9,16H2;1H. The summed E-state index contributed by atoms with van der Waals surface area (Å²) in [5, 5.41) is 1.26. The number of aromatic nitrogens is 1. The zero-order valence-electron chi connectivity index (χ0n) is 9.89. The molecule has 0 saturated carbocycles. The van der Waals surface area contributed by atoms with Crippen LogP contribution in [0.5, 0.6) is 0 Å². The lowest BCUT2D eigenvalue weighted by Gasteiger charge is -2.01. The molecular weight excluding hydrogens is 244 g/mol. The summed E-state index contributed by atoms with van der Waals surface area (Å²) in [7, 11) is 0. The zero-order valence-corrected chi connectivity index (χ0v) is 10.7. The van der Waals surface area contributed by atoms with E-state index in [-0.39, 0.29) is 12.4 Å². The third-order valence-corrected chi connectivity index (χ3v) is 3.09. The molecule has 18 heavy (non-hydrogen) atoms. The molecule has 3 aromatic rings. The molecule has 0 unspecified atom stereocenters. The molecule has 0 radical (unpaired) electrons. The van der Waals surface area contributed by atoms with Crippen molar-refractivity contribution >= 4 is 23.3 Å². The lowest BCUT2D eigenvalue weighted by molar-refractivity contribution is 1.07. The first-order chi connectivity index (χ1) is 8.38. The summed E-state index contributed by atoms with van der Waals surface area (Å²) in [6, 6.07) is 16.7. The van der Waals surface area contributed by atoms with E-state index in [9.17, 15) is 0 Å². The first kappa shape index (κ1) is 12.7. The van der Waals surface area contributed by atoms with E-state index in [0.717, 1.165) is 5.56 Å². The summed E-state index contributed by atoms with van der Waals surface area (Å²) < 4.78 is 0. The number of hydrogen-bond donors (Lipinski definition) is 2. The van der Waals surface area contributed by atoms with E-state index in [1.807, 2.05) is 6.07 Å². The minimum absolute atomic E-state index is 0. The lowest BCUT2D eigenvalue weighted by Crippen LogP contribution is -1.94. The number of nitrogens with one attached hydrogen (secondary N) is 1. The SMILES string of the molecule is Cl.NCc1ccc(-c2c[nH]c3ccccc23)cc1. The van der Waals surface area contributed by atoms with Crippen LogP contribution in [0.15, 0.2) is 54.7 Å². The van der Waals surface area contributed by atoms with E-state index in [4.69, 9.17) is 5.73 Å². The Bertz CT molecular complexity index is 641. The molecule has 0 aliphatic rings. The summed E-state index contributed by atoms with van der Waals surface area (Å²) >= 11 is 0. The average molecular weight is 259 g/mol. The van der Waals surface area contributed by atoms with E-state index < -0.39 is 0 Å². The molecule has 92 valence electrons. The van der Waals surface area contributed by atoms with Gasteiger partial charge < -0.3 is 10.7 Å². The Hall–Kier alpha value is -1.77. The summed E-state index contributed by atoms with van der Waals surface area (Å²) in [6.07, 6.45) is 2.06. The molecule has 0 saturated heterocycles. The summed E-state index contributed by atoms with van der Waals surface area (Å²) in [5.41, 5.74) is 10.4. The van der Waals surface area contributed by atoms with Crippen LogP contribution in [0, 0.1) is 0 Å². The second kappa shape index (κ2) is 5.25. The van der Waals surface area contributed by atoms with Gasteiger partial charge in [-0.05, 0) is 17.2 Å². The topological polar surface area (TPSA) is 41.8 Å². The highest BCUT2D eigenvalue weighted by molar-refractivity contribution is 5.95. The lowest BCUT2D eigenvalue weighted by atomic mass is 10.0. The fraction of sp³-hybridized carbons (Fsp3) is 0.0667. The molecule has 0 amide bonds. The van der Waals surface area contributed by atoms with Gasteiger partial charge in [0.1, 0.15) is 0 Å². The molecule has 2 aromatic carbocycles. The van der Waals surface area contributed by atoms with Crippen LogP contribution in [0.4, 0.5) is 0 Å². The monoisotopic (exact) mass is 258 g/mol. The molecule has 0 atom stereocenters. The van der Waals surface area contributed by atoms with Crippen molar-refractivity contribution in [2.24, 2.45) is 5.73 Å². The number of rotatable bonds is 2.